The fourth-order valence-electron chi connectivity index (χ4n) is 2.38. The van der Waals surface area contributed by atoms with Crippen molar-refractivity contribution < 1.29 is 9.53 Å². The molecule has 0 aliphatic heterocycles. The molecule has 5 heteroatoms. The fraction of sp³-hybridized carbons (Fsp3) is 0.467. The topological polar surface area (TPSA) is 62.1 Å². The van der Waals surface area contributed by atoms with Crippen LogP contribution in [0.3, 0.4) is 0 Å². The maximum Gasteiger partial charge on any atom is 0.258 e. The summed E-state index contributed by atoms with van der Waals surface area (Å²) < 4.78 is 6.24. The molecule has 20 heavy (non-hydrogen) atoms. The number of nitrogens with zero attached hydrogens (tertiary/aromatic N) is 1. The average molecular weight is 337 g/mol. The lowest BCUT2D eigenvalue weighted by Gasteiger charge is -2.22. The van der Waals surface area contributed by atoms with E-state index in [1.165, 1.54) is 19.3 Å². The van der Waals surface area contributed by atoms with Crippen LogP contribution < -0.4 is 10.1 Å². The molecule has 0 saturated heterocycles. The van der Waals surface area contributed by atoms with Crippen molar-refractivity contribution in [2.75, 3.05) is 6.61 Å². The van der Waals surface area contributed by atoms with Gasteiger partial charge in [0, 0.05) is 10.5 Å². The van der Waals surface area contributed by atoms with E-state index in [1.54, 1.807) is 18.2 Å². The molecule has 0 radical (unpaired) electrons. The molecule has 4 nitrogen and oxygen atoms in total. The lowest BCUT2D eigenvalue weighted by Crippen LogP contribution is -2.39. The Hall–Kier alpha value is -1.54. The minimum absolute atomic E-state index is 0.0488. The molecule has 1 aliphatic carbocycles. The van der Waals surface area contributed by atoms with Crippen molar-refractivity contribution in [3.05, 3.63) is 28.2 Å². The highest BCUT2D eigenvalue weighted by atomic mass is 79.9. The second-order valence-corrected chi connectivity index (χ2v) is 5.86. The third-order valence-electron chi connectivity index (χ3n) is 3.39. The van der Waals surface area contributed by atoms with Gasteiger partial charge in [-0.05, 0) is 31.0 Å². The van der Waals surface area contributed by atoms with Crippen molar-refractivity contribution in [1.29, 1.82) is 5.26 Å². The highest BCUT2D eigenvalue weighted by Gasteiger charge is 2.16. The Labute approximate surface area is 127 Å². The van der Waals surface area contributed by atoms with Crippen LogP contribution in [0, 0.1) is 11.3 Å². The number of amides is 1. The Morgan fingerprint density at radius 2 is 2.15 bits per heavy atom. The number of nitriles is 1. The smallest absolute Gasteiger partial charge is 0.258 e. The summed E-state index contributed by atoms with van der Waals surface area (Å²) in [6, 6.07) is 7.49. The van der Waals surface area contributed by atoms with Crippen LogP contribution in [0.25, 0.3) is 0 Å². The van der Waals surface area contributed by atoms with Gasteiger partial charge in [0.1, 0.15) is 11.8 Å². The van der Waals surface area contributed by atoms with E-state index in [0.717, 1.165) is 17.3 Å². The monoisotopic (exact) mass is 336 g/mol. The number of rotatable bonds is 4. The summed E-state index contributed by atoms with van der Waals surface area (Å²) in [6.07, 6.45) is 5.71. The molecule has 1 aliphatic rings. The molecular weight excluding hydrogens is 320 g/mol. The van der Waals surface area contributed by atoms with Gasteiger partial charge in [0.15, 0.2) is 6.61 Å². The van der Waals surface area contributed by atoms with Gasteiger partial charge in [-0.15, -0.1) is 0 Å². The first kappa shape index (κ1) is 14.9. The summed E-state index contributed by atoms with van der Waals surface area (Å²) in [4.78, 5) is 11.8. The van der Waals surface area contributed by atoms with Gasteiger partial charge in [0.2, 0.25) is 0 Å². The van der Waals surface area contributed by atoms with E-state index in [1.807, 2.05) is 0 Å². The van der Waals surface area contributed by atoms with E-state index in [4.69, 9.17) is 10.00 Å². The second-order valence-electron chi connectivity index (χ2n) is 4.94. The highest BCUT2D eigenvalue weighted by Crippen LogP contribution is 2.22. The Bertz CT molecular complexity index is 519. The summed E-state index contributed by atoms with van der Waals surface area (Å²) in [6.45, 7) is -0.0488. The number of nitrogens with one attached hydrogen (secondary N) is 1. The molecule has 0 aromatic heterocycles. The molecule has 1 N–H and O–H groups in total. The van der Waals surface area contributed by atoms with Gasteiger partial charge in [0.05, 0.1) is 5.56 Å². The van der Waals surface area contributed by atoms with Gasteiger partial charge < -0.3 is 10.1 Å². The maximum absolute atomic E-state index is 11.8. The largest absolute Gasteiger partial charge is 0.482 e. The zero-order valence-corrected chi connectivity index (χ0v) is 12.8. The highest BCUT2D eigenvalue weighted by molar-refractivity contribution is 9.10. The van der Waals surface area contributed by atoms with E-state index in [2.05, 4.69) is 27.3 Å². The Morgan fingerprint density at radius 1 is 1.40 bits per heavy atom. The summed E-state index contributed by atoms with van der Waals surface area (Å²) in [7, 11) is 0. The van der Waals surface area contributed by atoms with Crippen molar-refractivity contribution in [3.8, 4) is 11.8 Å². The van der Waals surface area contributed by atoms with Crippen LogP contribution in [0.1, 0.15) is 37.7 Å². The predicted molar refractivity (Wildman–Crippen MR) is 79.4 cm³/mol. The lowest BCUT2D eigenvalue weighted by molar-refractivity contribution is -0.124. The maximum atomic E-state index is 11.8. The molecule has 0 spiro atoms. The molecule has 0 heterocycles. The van der Waals surface area contributed by atoms with Crippen LogP contribution in [0.5, 0.6) is 5.75 Å². The fourth-order valence-corrected chi connectivity index (χ4v) is 2.74. The van der Waals surface area contributed by atoms with Gasteiger partial charge in [-0.1, -0.05) is 35.2 Å². The quantitative estimate of drug-likeness (QED) is 0.918. The third kappa shape index (κ3) is 4.24. The first-order valence-electron chi connectivity index (χ1n) is 6.81. The zero-order chi connectivity index (χ0) is 14.4. The zero-order valence-electron chi connectivity index (χ0n) is 11.2. The molecule has 1 aromatic rings. The molecule has 1 aromatic carbocycles. The number of hydrogen-bond acceptors (Lipinski definition) is 3. The molecule has 0 unspecified atom stereocenters. The molecule has 0 bridgehead atoms. The minimum Gasteiger partial charge on any atom is -0.482 e. The standard InChI is InChI=1S/C15H17BrN2O2/c16-12-6-7-14(11(8-12)9-17)20-10-15(19)18-13-4-2-1-3-5-13/h6-8,13H,1-5,10H2,(H,18,19). The normalized spacial score (nSPS) is 15.4. The number of halogens is 1. The summed E-state index contributed by atoms with van der Waals surface area (Å²) in [5, 5.41) is 12.0. The molecule has 1 saturated carbocycles. The minimum atomic E-state index is -0.122. The van der Waals surface area contributed by atoms with Gasteiger partial charge in [-0.3, -0.25) is 4.79 Å². The van der Waals surface area contributed by atoms with Crippen LogP contribution >= 0.6 is 15.9 Å². The third-order valence-corrected chi connectivity index (χ3v) is 3.88. The van der Waals surface area contributed by atoms with Crippen LogP contribution in [-0.4, -0.2) is 18.6 Å². The summed E-state index contributed by atoms with van der Waals surface area (Å²) in [5.74, 6) is 0.318. The second kappa shape index (κ2) is 7.30. The molecule has 1 fully saturated rings. The average Bonchev–Trinajstić information content (AvgIpc) is 2.47. The van der Waals surface area contributed by atoms with Crippen molar-refractivity contribution in [2.45, 2.75) is 38.1 Å². The van der Waals surface area contributed by atoms with Crippen molar-refractivity contribution in [1.82, 2.24) is 5.32 Å². The van der Waals surface area contributed by atoms with Gasteiger partial charge in [0.25, 0.3) is 5.91 Å². The molecule has 1 amide bonds. The van der Waals surface area contributed by atoms with Crippen LogP contribution in [0.15, 0.2) is 22.7 Å². The van der Waals surface area contributed by atoms with Gasteiger partial charge in [-0.25, -0.2) is 0 Å². The molecule has 106 valence electrons. The van der Waals surface area contributed by atoms with Crippen LogP contribution in [-0.2, 0) is 4.79 Å². The van der Waals surface area contributed by atoms with Crippen LogP contribution in [0.4, 0.5) is 0 Å². The number of carbonyl (C=O) groups is 1. The molecule has 0 atom stereocenters. The molecule has 2 rings (SSSR count). The molecular formula is C15H17BrN2O2. The van der Waals surface area contributed by atoms with Crippen molar-refractivity contribution in [3.63, 3.8) is 0 Å². The first-order valence-corrected chi connectivity index (χ1v) is 7.60. The number of benzene rings is 1. The van der Waals surface area contributed by atoms with Crippen molar-refractivity contribution >= 4 is 21.8 Å². The van der Waals surface area contributed by atoms with E-state index >= 15 is 0 Å². The Morgan fingerprint density at radius 3 is 2.85 bits per heavy atom. The summed E-state index contributed by atoms with van der Waals surface area (Å²) >= 11 is 3.30. The van der Waals surface area contributed by atoms with Crippen molar-refractivity contribution in [2.24, 2.45) is 0 Å². The van der Waals surface area contributed by atoms with Crippen LogP contribution in [0.2, 0.25) is 0 Å². The van der Waals surface area contributed by atoms with E-state index < -0.39 is 0 Å². The lowest BCUT2D eigenvalue weighted by atomic mass is 9.95. The number of hydrogen-bond donors (Lipinski definition) is 1. The summed E-state index contributed by atoms with van der Waals surface area (Å²) in [5.41, 5.74) is 0.421. The van der Waals surface area contributed by atoms with E-state index in [-0.39, 0.29) is 18.6 Å². The van der Waals surface area contributed by atoms with Gasteiger partial charge in [-0.2, -0.15) is 5.26 Å². The van der Waals surface area contributed by atoms with E-state index in [9.17, 15) is 4.79 Å². The van der Waals surface area contributed by atoms with E-state index in [0.29, 0.717) is 11.3 Å². The Balaban J connectivity index is 1.85. The Kier molecular flexibility index (Phi) is 5.42. The predicted octanol–water partition coefficient (Wildman–Crippen LogP) is 3.15. The number of ether oxygens (including phenoxy) is 1. The number of carbonyl (C=O) groups excluding carboxylic acids is 1. The first-order chi connectivity index (χ1) is 9.69. The van der Waals surface area contributed by atoms with Gasteiger partial charge >= 0.3 is 0 Å². The SMILES string of the molecule is N#Cc1cc(Br)ccc1OCC(=O)NC1CCCCC1.